The second-order valence-electron chi connectivity index (χ2n) is 2.12. The lowest BCUT2D eigenvalue weighted by molar-refractivity contribution is 0.408. The second-order valence-corrected chi connectivity index (χ2v) is 3.57. The second kappa shape index (κ2) is 2.46. The van der Waals surface area contributed by atoms with Crippen LogP contribution in [0.4, 0.5) is 0 Å². The average Bonchev–Trinajstić information content (AvgIpc) is 1.21. The lowest BCUT2D eigenvalue weighted by Crippen LogP contribution is -2.07. The van der Waals surface area contributed by atoms with Gasteiger partial charge < -0.3 is 0 Å². The largest absolute Gasteiger partial charge is 0.294 e. The molecule has 0 N–H and O–H groups in total. The van der Waals surface area contributed by atoms with E-state index < -0.39 is 10.1 Å². The summed E-state index contributed by atoms with van der Waals surface area (Å²) in [5, 5.41) is 0. The zero-order chi connectivity index (χ0) is 6.78. The molecular formula is C4H9O3S. The van der Waals surface area contributed by atoms with Gasteiger partial charge in [-0.1, -0.05) is 18.4 Å². The minimum atomic E-state index is -3.97. The Hall–Kier alpha value is -0.0900. The summed E-state index contributed by atoms with van der Waals surface area (Å²) < 4.78 is 29.7. The van der Waals surface area contributed by atoms with Crippen molar-refractivity contribution in [2.45, 2.75) is 13.8 Å². The smallest absolute Gasteiger partial charge is 0.197 e. The monoisotopic (exact) mass is 137 g/mol. The third-order valence-corrected chi connectivity index (χ3v) is 1.61. The molecule has 0 fully saturated rings. The van der Waals surface area contributed by atoms with Crippen LogP contribution in [0.1, 0.15) is 13.8 Å². The fourth-order valence-corrected chi connectivity index (χ4v) is 1.22. The van der Waals surface area contributed by atoms with Crippen LogP contribution >= 0.6 is 0 Å². The van der Waals surface area contributed by atoms with Crippen LogP contribution < -0.4 is 0 Å². The van der Waals surface area contributed by atoms with E-state index in [2.05, 4.69) is 0 Å². The minimum absolute atomic E-state index is 0.0579. The van der Waals surface area contributed by atoms with Gasteiger partial charge in [0.15, 0.2) is 0 Å². The van der Waals surface area contributed by atoms with E-state index >= 15 is 0 Å². The lowest BCUT2D eigenvalue weighted by Gasteiger charge is -1.95. The Morgan fingerprint density at radius 1 is 1.38 bits per heavy atom. The quantitative estimate of drug-likeness (QED) is 0.553. The Balaban J connectivity index is 3.75. The predicted molar refractivity (Wildman–Crippen MR) is 29.3 cm³/mol. The zero-order valence-electron chi connectivity index (χ0n) is 4.92. The van der Waals surface area contributed by atoms with Crippen LogP contribution in [-0.2, 0) is 14.7 Å². The number of hydrogen-bond donors (Lipinski definition) is 0. The summed E-state index contributed by atoms with van der Waals surface area (Å²) in [6.45, 7) is 3.38. The zero-order valence-corrected chi connectivity index (χ0v) is 5.73. The first kappa shape index (κ1) is 7.91. The van der Waals surface area contributed by atoms with Gasteiger partial charge in [-0.05, 0) is 5.92 Å². The van der Waals surface area contributed by atoms with E-state index in [1.54, 1.807) is 13.8 Å². The molecule has 0 atom stereocenters. The molecule has 0 amide bonds. The highest BCUT2D eigenvalue weighted by Gasteiger charge is 2.08. The molecule has 0 aromatic carbocycles. The minimum Gasteiger partial charge on any atom is -0.197 e. The van der Waals surface area contributed by atoms with Gasteiger partial charge in [0.1, 0.15) is 0 Å². The van der Waals surface area contributed by atoms with E-state index in [0.29, 0.717) is 0 Å². The summed E-state index contributed by atoms with van der Waals surface area (Å²) in [5.41, 5.74) is 0. The number of rotatable bonds is 2. The predicted octanol–water partition coefficient (Wildman–Crippen LogP) is 0.403. The van der Waals surface area contributed by atoms with Crippen LogP contribution in [0.25, 0.3) is 0 Å². The van der Waals surface area contributed by atoms with Gasteiger partial charge in [0, 0.05) is 0 Å². The molecule has 0 saturated heterocycles. The molecular weight excluding hydrogens is 128 g/mol. The van der Waals surface area contributed by atoms with Crippen LogP contribution in [-0.4, -0.2) is 14.2 Å². The van der Waals surface area contributed by atoms with Crippen molar-refractivity contribution in [3.63, 3.8) is 0 Å². The molecule has 3 nitrogen and oxygen atoms in total. The molecule has 0 bridgehead atoms. The highest BCUT2D eigenvalue weighted by Crippen LogP contribution is 1.95. The Bertz CT molecular complexity index is 145. The Kier molecular flexibility index (Phi) is 2.43. The third-order valence-electron chi connectivity index (χ3n) is 0.537. The molecule has 0 aliphatic carbocycles. The lowest BCUT2D eigenvalue weighted by atomic mass is 10.3. The van der Waals surface area contributed by atoms with Crippen LogP contribution in [0, 0.1) is 5.92 Å². The summed E-state index contributed by atoms with van der Waals surface area (Å²) in [4.78, 5) is 0. The summed E-state index contributed by atoms with van der Waals surface area (Å²) in [6.07, 6.45) is 0. The van der Waals surface area contributed by atoms with Crippen LogP contribution in [0.2, 0.25) is 0 Å². The molecule has 0 spiro atoms. The maximum absolute atomic E-state index is 9.89. The summed E-state index contributed by atoms with van der Waals surface area (Å²) in [5.74, 6) is -0.315. The molecule has 1 radical (unpaired) electrons. The molecule has 0 unspecified atom stereocenters. The molecule has 4 heteroatoms. The van der Waals surface area contributed by atoms with Crippen molar-refractivity contribution in [3.8, 4) is 0 Å². The van der Waals surface area contributed by atoms with Gasteiger partial charge in [-0.25, -0.2) is 0 Å². The molecule has 49 valence electrons. The van der Waals surface area contributed by atoms with E-state index in [1.807, 2.05) is 0 Å². The van der Waals surface area contributed by atoms with Crippen molar-refractivity contribution >= 4 is 10.1 Å². The summed E-state index contributed by atoms with van der Waals surface area (Å²) in [7, 11) is -3.97. The van der Waals surface area contributed by atoms with Gasteiger partial charge in [0.25, 0.3) is 10.1 Å². The van der Waals surface area contributed by atoms with E-state index in [4.69, 9.17) is 0 Å². The summed E-state index contributed by atoms with van der Waals surface area (Å²) in [6, 6.07) is 0. The maximum Gasteiger partial charge on any atom is 0.294 e. The number of hydrogen-bond acceptors (Lipinski definition) is 2. The van der Waals surface area contributed by atoms with Crippen molar-refractivity contribution in [2.24, 2.45) is 5.92 Å². The van der Waals surface area contributed by atoms with E-state index in [-0.39, 0.29) is 11.7 Å². The van der Waals surface area contributed by atoms with Gasteiger partial charge in [0.2, 0.25) is 0 Å². The van der Waals surface area contributed by atoms with Crippen LogP contribution in [0.3, 0.4) is 0 Å². The normalized spacial score (nSPS) is 12.5. The van der Waals surface area contributed by atoms with E-state index in [1.165, 1.54) is 0 Å². The standard InChI is InChI=1S/C4H9O3S/c1-4(2)3-8(5,6)7/h4H,3H2,1-2H3. The Morgan fingerprint density at radius 3 is 1.75 bits per heavy atom. The Morgan fingerprint density at radius 2 is 1.75 bits per heavy atom. The molecule has 8 heavy (non-hydrogen) atoms. The SMILES string of the molecule is CC(C)CS([O])(=O)=O. The highest BCUT2D eigenvalue weighted by atomic mass is 32.2. The fourth-order valence-electron chi connectivity index (χ4n) is 0.408. The molecule has 0 rings (SSSR count). The third kappa shape index (κ3) is 5.91. The van der Waals surface area contributed by atoms with Crippen molar-refractivity contribution in [2.75, 3.05) is 5.75 Å². The molecule has 0 heterocycles. The van der Waals surface area contributed by atoms with Crippen LogP contribution in [0.5, 0.6) is 0 Å². The molecule has 0 aliphatic heterocycles. The van der Waals surface area contributed by atoms with Crippen molar-refractivity contribution < 1.29 is 13.0 Å². The van der Waals surface area contributed by atoms with Gasteiger partial charge >= 0.3 is 0 Å². The first-order valence-corrected chi connectivity index (χ1v) is 3.93. The molecule has 0 aliphatic rings. The van der Waals surface area contributed by atoms with Crippen LogP contribution in [0.15, 0.2) is 0 Å². The fraction of sp³-hybridized carbons (Fsp3) is 1.00. The molecule has 0 aromatic heterocycles. The first-order chi connectivity index (χ1) is 3.42. The topological polar surface area (TPSA) is 54.0 Å². The van der Waals surface area contributed by atoms with Gasteiger partial charge in [0.05, 0.1) is 5.75 Å². The van der Waals surface area contributed by atoms with Gasteiger partial charge in [-0.2, -0.15) is 8.42 Å². The molecule has 0 aromatic rings. The maximum atomic E-state index is 9.89. The van der Waals surface area contributed by atoms with Gasteiger partial charge in [-0.3, -0.25) is 0 Å². The van der Waals surface area contributed by atoms with Gasteiger partial charge in [-0.15, -0.1) is 0 Å². The summed E-state index contributed by atoms with van der Waals surface area (Å²) >= 11 is 0. The highest BCUT2D eigenvalue weighted by molar-refractivity contribution is 7.85. The van der Waals surface area contributed by atoms with Crippen molar-refractivity contribution in [1.29, 1.82) is 0 Å². The Labute approximate surface area is 49.5 Å². The van der Waals surface area contributed by atoms with Crippen molar-refractivity contribution in [1.82, 2.24) is 0 Å². The van der Waals surface area contributed by atoms with Crippen molar-refractivity contribution in [3.05, 3.63) is 0 Å². The molecule has 0 saturated carbocycles. The van der Waals surface area contributed by atoms with E-state index in [0.717, 1.165) is 0 Å². The average molecular weight is 137 g/mol. The first-order valence-electron chi connectivity index (χ1n) is 2.35. The van der Waals surface area contributed by atoms with E-state index in [9.17, 15) is 13.0 Å².